The molecule has 0 aliphatic heterocycles. The van der Waals surface area contributed by atoms with Gasteiger partial charge in [0.2, 0.25) is 5.91 Å². The van der Waals surface area contributed by atoms with Crippen LogP contribution in [0.4, 0.5) is 0 Å². The Bertz CT molecular complexity index is 897. The molecule has 0 heterocycles. The van der Waals surface area contributed by atoms with Gasteiger partial charge in [0.15, 0.2) is 0 Å². The minimum atomic E-state index is -0.115. The number of amides is 2. The Labute approximate surface area is 191 Å². The van der Waals surface area contributed by atoms with Crippen molar-refractivity contribution >= 4 is 11.8 Å². The van der Waals surface area contributed by atoms with Crippen LogP contribution < -0.4 is 20.7 Å². The third kappa shape index (κ3) is 6.82. The van der Waals surface area contributed by atoms with Crippen LogP contribution in [0.3, 0.4) is 0 Å². The summed E-state index contributed by atoms with van der Waals surface area (Å²) in [7, 11) is 0. The Morgan fingerprint density at radius 2 is 1.81 bits per heavy atom. The molecular formula is C26H35N3O3. The van der Waals surface area contributed by atoms with E-state index in [9.17, 15) is 9.59 Å². The maximum Gasteiger partial charge on any atom is 0.251 e. The number of carbonyl (C=O) groups is 2. The van der Waals surface area contributed by atoms with Gasteiger partial charge in [0.05, 0.1) is 6.61 Å². The zero-order chi connectivity index (χ0) is 22.9. The van der Waals surface area contributed by atoms with E-state index < -0.39 is 0 Å². The van der Waals surface area contributed by atoms with E-state index in [0.717, 1.165) is 25.0 Å². The van der Waals surface area contributed by atoms with Crippen LogP contribution in [0.1, 0.15) is 73.5 Å². The molecule has 0 spiro atoms. The number of benzene rings is 2. The van der Waals surface area contributed by atoms with Crippen LogP contribution in [0, 0.1) is 0 Å². The second kappa shape index (κ2) is 11.7. The monoisotopic (exact) mass is 437 g/mol. The molecule has 3 rings (SSSR count). The molecule has 1 saturated carbocycles. The molecule has 32 heavy (non-hydrogen) atoms. The smallest absolute Gasteiger partial charge is 0.251 e. The van der Waals surface area contributed by atoms with Gasteiger partial charge in [-0.1, -0.05) is 24.3 Å². The summed E-state index contributed by atoms with van der Waals surface area (Å²) in [6.07, 6.45) is 3.38. The van der Waals surface area contributed by atoms with Crippen LogP contribution in [0.5, 0.6) is 5.75 Å². The molecule has 6 nitrogen and oxygen atoms in total. The van der Waals surface area contributed by atoms with E-state index in [1.807, 2.05) is 31.2 Å². The molecule has 6 heteroatoms. The van der Waals surface area contributed by atoms with Crippen LogP contribution in [-0.2, 0) is 4.79 Å². The van der Waals surface area contributed by atoms with Gasteiger partial charge in [0, 0.05) is 37.7 Å². The Hall–Kier alpha value is -2.86. The maximum absolute atomic E-state index is 12.3. The highest BCUT2D eigenvalue weighted by atomic mass is 16.5. The predicted octanol–water partition coefficient (Wildman–Crippen LogP) is 3.94. The molecule has 172 valence electrons. The van der Waals surface area contributed by atoms with Crippen molar-refractivity contribution in [2.45, 2.75) is 58.0 Å². The summed E-state index contributed by atoms with van der Waals surface area (Å²) in [4.78, 5) is 23.1. The van der Waals surface area contributed by atoms with Crippen LogP contribution in [0.2, 0.25) is 0 Å². The second-order valence-corrected chi connectivity index (χ2v) is 8.46. The fourth-order valence-corrected chi connectivity index (χ4v) is 4.35. The lowest BCUT2D eigenvalue weighted by atomic mass is 9.96. The summed E-state index contributed by atoms with van der Waals surface area (Å²) < 4.78 is 5.63. The predicted molar refractivity (Wildman–Crippen MR) is 127 cm³/mol. The molecule has 0 saturated heterocycles. The summed E-state index contributed by atoms with van der Waals surface area (Å²) in [5, 5.41) is 9.28. The first-order valence-corrected chi connectivity index (χ1v) is 11.6. The molecule has 1 fully saturated rings. The Morgan fingerprint density at radius 1 is 1.06 bits per heavy atom. The third-order valence-corrected chi connectivity index (χ3v) is 6.02. The van der Waals surface area contributed by atoms with Crippen molar-refractivity contribution in [1.82, 2.24) is 16.0 Å². The number of rotatable bonds is 10. The Kier molecular flexibility index (Phi) is 8.68. The van der Waals surface area contributed by atoms with E-state index in [1.54, 1.807) is 0 Å². The quantitative estimate of drug-likeness (QED) is 0.492. The van der Waals surface area contributed by atoms with E-state index in [1.165, 1.54) is 18.1 Å². The first kappa shape index (κ1) is 23.8. The molecule has 2 aromatic rings. The van der Waals surface area contributed by atoms with Crippen molar-refractivity contribution in [2.75, 3.05) is 19.7 Å². The van der Waals surface area contributed by atoms with Gasteiger partial charge in [-0.2, -0.15) is 0 Å². The molecular weight excluding hydrogens is 402 g/mol. The van der Waals surface area contributed by atoms with Crippen molar-refractivity contribution < 1.29 is 14.3 Å². The highest BCUT2D eigenvalue weighted by molar-refractivity contribution is 5.94. The van der Waals surface area contributed by atoms with Crippen molar-refractivity contribution in [3.05, 3.63) is 65.2 Å². The molecule has 0 radical (unpaired) electrons. The van der Waals surface area contributed by atoms with E-state index in [-0.39, 0.29) is 17.9 Å². The normalized spacial score (nSPS) is 18.7. The highest BCUT2D eigenvalue weighted by Crippen LogP contribution is 2.35. The highest BCUT2D eigenvalue weighted by Gasteiger charge is 2.27. The first-order chi connectivity index (χ1) is 15.5. The molecule has 0 aromatic heterocycles. The summed E-state index contributed by atoms with van der Waals surface area (Å²) in [5.74, 6) is 1.21. The number of carbonyl (C=O) groups excluding carboxylic acids is 2. The molecule has 1 aliphatic carbocycles. The van der Waals surface area contributed by atoms with Crippen LogP contribution in [0.15, 0.2) is 48.5 Å². The fraction of sp³-hybridized carbons (Fsp3) is 0.462. The van der Waals surface area contributed by atoms with E-state index >= 15 is 0 Å². The summed E-state index contributed by atoms with van der Waals surface area (Å²) >= 11 is 0. The molecule has 2 aromatic carbocycles. The van der Waals surface area contributed by atoms with Gasteiger partial charge in [-0.3, -0.25) is 9.59 Å². The van der Waals surface area contributed by atoms with Crippen molar-refractivity contribution in [2.24, 2.45) is 0 Å². The number of hydrogen-bond donors (Lipinski definition) is 3. The molecule has 2 amide bonds. The summed E-state index contributed by atoms with van der Waals surface area (Å²) in [6.45, 7) is 7.20. The lowest BCUT2D eigenvalue weighted by Crippen LogP contribution is -2.33. The largest absolute Gasteiger partial charge is 0.494 e. The van der Waals surface area contributed by atoms with Gasteiger partial charge in [0.1, 0.15) is 5.75 Å². The van der Waals surface area contributed by atoms with E-state index in [2.05, 4.69) is 47.1 Å². The van der Waals surface area contributed by atoms with Crippen molar-refractivity contribution in [3.63, 3.8) is 0 Å². The average molecular weight is 438 g/mol. The van der Waals surface area contributed by atoms with E-state index in [0.29, 0.717) is 37.2 Å². The van der Waals surface area contributed by atoms with E-state index in [4.69, 9.17) is 4.74 Å². The van der Waals surface area contributed by atoms with Crippen LogP contribution in [0.25, 0.3) is 0 Å². The van der Waals surface area contributed by atoms with Gasteiger partial charge < -0.3 is 20.7 Å². The lowest BCUT2D eigenvalue weighted by molar-refractivity contribution is -0.118. The lowest BCUT2D eigenvalue weighted by Gasteiger charge is -2.21. The van der Waals surface area contributed by atoms with Crippen LogP contribution >= 0.6 is 0 Å². The van der Waals surface area contributed by atoms with Gasteiger partial charge in [0.25, 0.3) is 5.91 Å². The minimum absolute atomic E-state index is 0.0959. The Morgan fingerprint density at radius 3 is 2.53 bits per heavy atom. The molecule has 0 unspecified atom stereocenters. The number of nitrogens with one attached hydrogen (secondary N) is 3. The van der Waals surface area contributed by atoms with Gasteiger partial charge in [-0.05, 0) is 74.4 Å². The van der Waals surface area contributed by atoms with Gasteiger partial charge >= 0.3 is 0 Å². The summed E-state index contributed by atoms with van der Waals surface area (Å²) in [5.41, 5.74) is 3.18. The van der Waals surface area contributed by atoms with Gasteiger partial charge in [-0.15, -0.1) is 0 Å². The van der Waals surface area contributed by atoms with Crippen molar-refractivity contribution in [1.29, 1.82) is 0 Å². The molecule has 0 bridgehead atoms. The molecule has 3 atom stereocenters. The number of ether oxygens (including phenoxy) is 1. The SMILES string of the molecule is CCOc1cccc([C@@H](C)N[C@H]2CC[C@@H](c3ccc(C(=O)NCCNC(C)=O)cc3)C2)c1. The minimum Gasteiger partial charge on any atom is -0.494 e. The first-order valence-electron chi connectivity index (χ1n) is 11.6. The van der Waals surface area contributed by atoms with Crippen LogP contribution in [-0.4, -0.2) is 37.6 Å². The molecule has 3 N–H and O–H groups in total. The van der Waals surface area contributed by atoms with Gasteiger partial charge in [-0.25, -0.2) is 0 Å². The zero-order valence-electron chi connectivity index (χ0n) is 19.3. The topological polar surface area (TPSA) is 79.5 Å². The average Bonchev–Trinajstić information content (AvgIpc) is 3.25. The Balaban J connectivity index is 1.49. The summed E-state index contributed by atoms with van der Waals surface area (Å²) in [6, 6.07) is 17.0. The van der Waals surface area contributed by atoms with Crippen molar-refractivity contribution in [3.8, 4) is 5.75 Å². The maximum atomic E-state index is 12.3. The molecule has 1 aliphatic rings. The standard InChI is InChI=1S/C26H35N3O3/c1-4-32-25-7-5-6-22(17-25)18(2)29-24-13-12-23(16-24)20-8-10-21(11-9-20)26(31)28-15-14-27-19(3)30/h5-11,17-18,23-24,29H,4,12-16H2,1-3H3,(H,27,30)(H,28,31)/t18-,23-,24+/m1/s1. The second-order valence-electron chi connectivity index (χ2n) is 8.46. The third-order valence-electron chi connectivity index (χ3n) is 6.02. The number of hydrogen-bond acceptors (Lipinski definition) is 4. The fourth-order valence-electron chi connectivity index (χ4n) is 4.35. The zero-order valence-corrected chi connectivity index (χ0v) is 19.3.